The topological polar surface area (TPSA) is 40.5 Å². The smallest absolute Gasteiger partial charge is 0.0566 e. The summed E-state index contributed by atoms with van der Waals surface area (Å²) in [5, 5.41) is 20.9. The zero-order valence-electron chi connectivity index (χ0n) is 17.9. The fourth-order valence-electron chi connectivity index (χ4n) is 6.46. The summed E-state index contributed by atoms with van der Waals surface area (Å²) in [6.07, 6.45) is 5.64. The number of benzene rings is 2. The minimum absolute atomic E-state index is 0.0642. The predicted octanol–water partition coefficient (Wildman–Crippen LogP) is 5.57. The van der Waals surface area contributed by atoms with Crippen molar-refractivity contribution in [1.82, 2.24) is 0 Å². The molecular formula is C27H36O2. The summed E-state index contributed by atoms with van der Waals surface area (Å²) in [5.41, 5.74) is 2.76. The molecule has 6 atom stereocenters. The van der Waals surface area contributed by atoms with Gasteiger partial charge in [0, 0.05) is 5.41 Å². The highest BCUT2D eigenvalue weighted by Crippen LogP contribution is 2.55. The third-order valence-electron chi connectivity index (χ3n) is 8.04. The highest BCUT2D eigenvalue weighted by atomic mass is 16.3. The predicted molar refractivity (Wildman–Crippen MR) is 119 cm³/mol. The number of hydrogen-bond donors (Lipinski definition) is 2. The van der Waals surface area contributed by atoms with Crippen molar-refractivity contribution >= 4 is 0 Å². The average molecular weight is 393 g/mol. The Labute approximate surface area is 176 Å². The van der Waals surface area contributed by atoms with Crippen LogP contribution in [0.2, 0.25) is 0 Å². The molecule has 2 aromatic rings. The molecule has 156 valence electrons. The van der Waals surface area contributed by atoms with Gasteiger partial charge in [0.1, 0.15) is 0 Å². The normalized spacial score (nSPS) is 33.4. The van der Waals surface area contributed by atoms with Crippen LogP contribution in [-0.2, 0) is 5.41 Å². The van der Waals surface area contributed by atoms with Crippen LogP contribution in [0.25, 0.3) is 0 Å². The highest BCUT2D eigenvalue weighted by molar-refractivity contribution is 5.42. The highest BCUT2D eigenvalue weighted by Gasteiger charge is 2.51. The SMILES string of the molecule is CC1CC(C(c2ccccc2)(c2ccccc2)C2CCC(O)C(C)C2)CCC1O. The molecule has 2 saturated carbocycles. The lowest BCUT2D eigenvalue weighted by Crippen LogP contribution is -2.49. The summed E-state index contributed by atoms with van der Waals surface area (Å²) >= 11 is 0. The molecule has 4 rings (SSSR count). The van der Waals surface area contributed by atoms with E-state index < -0.39 is 0 Å². The van der Waals surface area contributed by atoms with E-state index in [1.807, 2.05) is 0 Å². The van der Waals surface area contributed by atoms with Gasteiger partial charge in [-0.1, -0.05) is 74.5 Å². The molecule has 0 aliphatic heterocycles. The summed E-state index contributed by atoms with van der Waals surface area (Å²) in [7, 11) is 0. The molecule has 2 heteroatoms. The second-order valence-electron chi connectivity index (χ2n) is 9.71. The number of aliphatic hydroxyl groups is 2. The zero-order chi connectivity index (χ0) is 20.4. The maximum Gasteiger partial charge on any atom is 0.0566 e. The summed E-state index contributed by atoms with van der Waals surface area (Å²) < 4.78 is 0. The van der Waals surface area contributed by atoms with Crippen molar-refractivity contribution in [3.8, 4) is 0 Å². The number of hydrogen-bond acceptors (Lipinski definition) is 2. The summed E-state index contributed by atoms with van der Waals surface area (Å²) in [6.45, 7) is 4.43. The third-order valence-corrected chi connectivity index (χ3v) is 8.04. The fraction of sp³-hybridized carbons (Fsp3) is 0.556. The molecule has 0 heterocycles. The van der Waals surface area contributed by atoms with Crippen molar-refractivity contribution in [2.75, 3.05) is 0 Å². The van der Waals surface area contributed by atoms with Crippen LogP contribution in [0, 0.1) is 23.7 Å². The molecule has 2 fully saturated rings. The fourth-order valence-corrected chi connectivity index (χ4v) is 6.46. The van der Waals surface area contributed by atoms with E-state index in [1.165, 1.54) is 11.1 Å². The lowest BCUT2D eigenvalue weighted by molar-refractivity contribution is -0.00129. The largest absolute Gasteiger partial charge is 0.393 e. The minimum Gasteiger partial charge on any atom is -0.393 e. The molecule has 2 nitrogen and oxygen atoms in total. The van der Waals surface area contributed by atoms with Crippen molar-refractivity contribution in [1.29, 1.82) is 0 Å². The van der Waals surface area contributed by atoms with Crippen LogP contribution in [0.1, 0.15) is 63.5 Å². The molecule has 2 aliphatic carbocycles. The molecule has 0 bridgehead atoms. The first-order valence-electron chi connectivity index (χ1n) is 11.5. The Hall–Kier alpha value is -1.64. The first-order valence-corrected chi connectivity index (χ1v) is 11.5. The van der Waals surface area contributed by atoms with Gasteiger partial charge in [-0.05, 0) is 73.3 Å². The van der Waals surface area contributed by atoms with Gasteiger partial charge in [0.15, 0.2) is 0 Å². The summed E-state index contributed by atoms with van der Waals surface area (Å²) in [6, 6.07) is 22.2. The van der Waals surface area contributed by atoms with E-state index in [0.717, 1.165) is 38.5 Å². The molecule has 0 saturated heterocycles. The van der Waals surface area contributed by atoms with E-state index in [1.54, 1.807) is 0 Å². The van der Waals surface area contributed by atoms with Gasteiger partial charge in [-0.3, -0.25) is 0 Å². The Morgan fingerprint density at radius 2 is 1.00 bits per heavy atom. The second kappa shape index (κ2) is 8.62. The van der Waals surface area contributed by atoms with Gasteiger partial charge >= 0.3 is 0 Å². The molecule has 0 aromatic heterocycles. The van der Waals surface area contributed by atoms with Gasteiger partial charge in [0.25, 0.3) is 0 Å². The molecule has 2 aliphatic rings. The van der Waals surface area contributed by atoms with Gasteiger partial charge in [0.2, 0.25) is 0 Å². The van der Waals surface area contributed by atoms with Gasteiger partial charge in [-0.15, -0.1) is 0 Å². The molecule has 0 amide bonds. The molecule has 2 N–H and O–H groups in total. The molecule has 29 heavy (non-hydrogen) atoms. The van der Waals surface area contributed by atoms with Crippen LogP contribution in [-0.4, -0.2) is 22.4 Å². The van der Waals surface area contributed by atoms with E-state index in [4.69, 9.17) is 0 Å². The molecule has 2 aromatic carbocycles. The maximum atomic E-state index is 10.5. The van der Waals surface area contributed by atoms with E-state index in [9.17, 15) is 10.2 Å². The first-order chi connectivity index (χ1) is 14.0. The Balaban J connectivity index is 1.88. The molecule has 0 radical (unpaired) electrons. The number of aliphatic hydroxyl groups excluding tert-OH is 2. The van der Waals surface area contributed by atoms with Gasteiger partial charge in [-0.25, -0.2) is 0 Å². The quantitative estimate of drug-likeness (QED) is 0.714. The average Bonchev–Trinajstić information content (AvgIpc) is 2.75. The molecule has 0 spiro atoms. The monoisotopic (exact) mass is 392 g/mol. The lowest BCUT2D eigenvalue weighted by atomic mass is 9.51. The summed E-state index contributed by atoms with van der Waals surface area (Å²) in [4.78, 5) is 0. The van der Waals surface area contributed by atoms with Crippen molar-refractivity contribution in [3.05, 3.63) is 71.8 Å². The molecule has 6 unspecified atom stereocenters. The Morgan fingerprint density at radius 3 is 1.34 bits per heavy atom. The first kappa shape index (κ1) is 20.6. The lowest BCUT2D eigenvalue weighted by Gasteiger charge is -2.53. The van der Waals surface area contributed by atoms with Crippen LogP contribution in [0.5, 0.6) is 0 Å². The maximum absolute atomic E-state index is 10.5. The number of rotatable bonds is 4. The van der Waals surface area contributed by atoms with Gasteiger partial charge in [0.05, 0.1) is 12.2 Å². The minimum atomic E-state index is -0.178. The Bertz CT molecular complexity index is 704. The van der Waals surface area contributed by atoms with E-state index >= 15 is 0 Å². The van der Waals surface area contributed by atoms with Crippen LogP contribution in [0.4, 0.5) is 0 Å². The Kier molecular flexibility index (Phi) is 6.13. The Morgan fingerprint density at radius 1 is 0.621 bits per heavy atom. The van der Waals surface area contributed by atoms with E-state index in [-0.39, 0.29) is 17.6 Å². The standard InChI is InChI=1S/C27H36O2/c1-19-17-23(13-15-25(19)28)27(21-9-5-3-6-10-21,22-11-7-4-8-12-22)24-14-16-26(29)20(2)18-24/h3-12,19-20,23-26,28-29H,13-18H2,1-2H3. The van der Waals surface area contributed by atoms with Crippen LogP contribution >= 0.6 is 0 Å². The van der Waals surface area contributed by atoms with E-state index in [2.05, 4.69) is 74.5 Å². The molecular weight excluding hydrogens is 356 g/mol. The zero-order valence-corrected chi connectivity index (χ0v) is 17.9. The van der Waals surface area contributed by atoms with Crippen LogP contribution in [0.3, 0.4) is 0 Å². The van der Waals surface area contributed by atoms with Crippen molar-refractivity contribution in [2.45, 2.75) is 70.0 Å². The second-order valence-corrected chi connectivity index (χ2v) is 9.71. The van der Waals surface area contributed by atoms with Crippen LogP contribution in [0.15, 0.2) is 60.7 Å². The van der Waals surface area contributed by atoms with E-state index in [0.29, 0.717) is 23.7 Å². The van der Waals surface area contributed by atoms with Crippen molar-refractivity contribution in [2.24, 2.45) is 23.7 Å². The van der Waals surface area contributed by atoms with Crippen LogP contribution < -0.4 is 0 Å². The van der Waals surface area contributed by atoms with Crippen molar-refractivity contribution < 1.29 is 10.2 Å². The summed E-state index contributed by atoms with van der Waals surface area (Å²) in [5.74, 6) is 1.65. The van der Waals surface area contributed by atoms with Gasteiger partial charge < -0.3 is 10.2 Å². The van der Waals surface area contributed by atoms with Gasteiger partial charge in [-0.2, -0.15) is 0 Å². The van der Waals surface area contributed by atoms with Crippen molar-refractivity contribution in [3.63, 3.8) is 0 Å². The third kappa shape index (κ3) is 3.78.